The van der Waals surface area contributed by atoms with Gasteiger partial charge in [0.15, 0.2) is 0 Å². The number of amides is 1. The van der Waals surface area contributed by atoms with Crippen LogP contribution < -0.4 is 5.32 Å². The van der Waals surface area contributed by atoms with Crippen LogP contribution in [0.4, 0.5) is 0 Å². The Kier molecular flexibility index (Phi) is 3.59. The van der Waals surface area contributed by atoms with Gasteiger partial charge in [-0.1, -0.05) is 26.2 Å². The fourth-order valence-electron chi connectivity index (χ4n) is 4.02. The predicted molar refractivity (Wildman–Crippen MR) is 80.2 cm³/mol. The van der Waals surface area contributed by atoms with Crippen LogP contribution in [0.15, 0.2) is 0 Å². The molecule has 3 nitrogen and oxygen atoms in total. The summed E-state index contributed by atoms with van der Waals surface area (Å²) in [4.78, 5) is 15.1. The highest BCUT2D eigenvalue weighted by Crippen LogP contribution is 2.45. The molecule has 1 unspecified atom stereocenters. The van der Waals surface area contributed by atoms with Gasteiger partial charge in [0.05, 0.1) is 11.7 Å². The lowest BCUT2D eigenvalue weighted by atomic mass is 9.83. The lowest BCUT2D eigenvalue weighted by Crippen LogP contribution is -2.50. The summed E-state index contributed by atoms with van der Waals surface area (Å²) >= 11 is 1.97. The van der Waals surface area contributed by atoms with Crippen molar-refractivity contribution < 1.29 is 4.79 Å². The molecule has 2 saturated carbocycles. The third-order valence-electron chi connectivity index (χ3n) is 5.49. The molecule has 0 aromatic carbocycles. The summed E-state index contributed by atoms with van der Waals surface area (Å²) in [5.41, 5.74) is -0.190. The minimum absolute atomic E-state index is 0.190. The first-order valence-electron chi connectivity index (χ1n) is 7.79. The summed E-state index contributed by atoms with van der Waals surface area (Å²) in [6.45, 7) is 3.15. The van der Waals surface area contributed by atoms with Gasteiger partial charge < -0.3 is 4.90 Å². The second-order valence-corrected chi connectivity index (χ2v) is 7.81. The molecular formula is C15H26N2OS. The van der Waals surface area contributed by atoms with E-state index in [1.807, 2.05) is 11.8 Å². The minimum Gasteiger partial charge on any atom is -0.324 e. The van der Waals surface area contributed by atoms with Crippen LogP contribution in [0.5, 0.6) is 0 Å². The smallest absolute Gasteiger partial charge is 0.244 e. The van der Waals surface area contributed by atoms with Crippen LogP contribution in [0.3, 0.4) is 0 Å². The molecule has 3 fully saturated rings. The molecule has 1 aliphatic heterocycles. The summed E-state index contributed by atoms with van der Waals surface area (Å²) < 4.78 is 0.356. The van der Waals surface area contributed by atoms with Crippen LogP contribution in [0.2, 0.25) is 0 Å². The molecule has 1 atom stereocenters. The van der Waals surface area contributed by atoms with E-state index in [1.54, 1.807) is 0 Å². The van der Waals surface area contributed by atoms with Gasteiger partial charge in [0.1, 0.15) is 0 Å². The van der Waals surface area contributed by atoms with Gasteiger partial charge in [-0.2, -0.15) is 11.8 Å². The highest BCUT2D eigenvalue weighted by molar-refractivity contribution is 8.00. The maximum atomic E-state index is 12.9. The Morgan fingerprint density at radius 3 is 2.42 bits per heavy atom. The van der Waals surface area contributed by atoms with E-state index in [0.717, 1.165) is 25.8 Å². The summed E-state index contributed by atoms with van der Waals surface area (Å²) in [5, 5.41) is 3.68. The molecule has 0 bridgehead atoms. The fourth-order valence-corrected chi connectivity index (χ4v) is 4.99. The van der Waals surface area contributed by atoms with Gasteiger partial charge in [0, 0.05) is 11.3 Å². The zero-order valence-electron chi connectivity index (χ0n) is 12.2. The van der Waals surface area contributed by atoms with E-state index >= 15 is 0 Å². The molecule has 1 saturated heterocycles. The van der Waals surface area contributed by atoms with E-state index in [9.17, 15) is 4.79 Å². The quantitative estimate of drug-likeness (QED) is 0.860. The van der Waals surface area contributed by atoms with Gasteiger partial charge in [0.25, 0.3) is 0 Å². The van der Waals surface area contributed by atoms with Crippen molar-refractivity contribution in [2.75, 3.05) is 12.8 Å². The molecule has 4 heteroatoms. The van der Waals surface area contributed by atoms with E-state index in [2.05, 4.69) is 23.4 Å². The van der Waals surface area contributed by atoms with Crippen molar-refractivity contribution in [1.82, 2.24) is 10.2 Å². The average molecular weight is 282 g/mol. The highest BCUT2D eigenvalue weighted by atomic mass is 32.2. The van der Waals surface area contributed by atoms with Crippen molar-refractivity contribution in [3.05, 3.63) is 0 Å². The van der Waals surface area contributed by atoms with Crippen LogP contribution >= 0.6 is 11.8 Å². The van der Waals surface area contributed by atoms with Crippen LogP contribution in [0, 0.1) is 0 Å². The molecule has 2 aliphatic carbocycles. The first kappa shape index (κ1) is 13.7. The molecular weight excluding hydrogens is 256 g/mol. The molecule has 0 aromatic heterocycles. The largest absolute Gasteiger partial charge is 0.324 e. The number of nitrogens with zero attached hydrogens (tertiary/aromatic N) is 1. The second kappa shape index (κ2) is 4.96. The third-order valence-corrected chi connectivity index (χ3v) is 6.89. The summed E-state index contributed by atoms with van der Waals surface area (Å²) in [7, 11) is 0. The molecule has 3 aliphatic rings. The van der Waals surface area contributed by atoms with E-state index in [4.69, 9.17) is 0 Å². The zero-order valence-corrected chi connectivity index (χ0v) is 13.0. The van der Waals surface area contributed by atoms with Gasteiger partial charge in [0.2, 0.25) is 5.91 Å². The maximum absolute atomic E-state index is 12.9. The van der Waals surface area contributed by atoms with Crippen molar-refractivity contribution >= 4 is 17.7 Å². The van der Waals surface area contributed by atoms with Crippen molar-refractivity contribution in [2.45, 2.75) is 74.7 Å². The minimum atomic E-state index is -0.190. The Morgan fingerprint density at radius 2 is 1.95 bits per heavy atom. The third kappa shape index (κ3) is 2.11. The van der Waals surface area contributed by atoms with Gasteiger partial charge >= 0.3 is 0 Å². The standard InChI is InChI=1S/C15H26N2OS/c1-3-12-16-15(9-4-5-10-15)13(18)17(12)11-14(19-2)7-6-8-14/h12,16H,3-11H2,1-2H3. The van der Waals surface area contributed by atoms with Crippen molar-refractivity contribution in [1.29, 1.82) is 0 Å². The Labute approximate surface area is 120 Å². The molecule has 3 rings (SSSR count). The van der Waals surface area contributed by atoms with Gasteiger partial charge in [-0.3, -0.25) is 10.1 Å². The van der Waals surface area contributed by atoms with Crippen molar-refractivity contribution in [3.8, 4) is 0 Å². The molecule has 1 heterocycles. The Balaban J connectivity index is 1.77. The maximum Gasteiger partial charge on any atom is 0.244 e. The van der Waals surface area contributed by atoms with E-state index in [1.165, 1.54) is 32.1 Å². The normalized spacial score (nSPS) is 32.0. The molecule has 0 radical (unpaired) electrons. The van der Waals surface area contributed by atoms with Crippen LogP contribution in [0.25, 0.3) is 0 Å². The second-order valence-electron chi connectivity index (χ2n) is 6.53. The molecule has 1 N–H and O–H groups in total. The van der Waals surface area contributed by atoms with Gasteiger partial charge in [-0.15, -0.1) is 0 Å². The predicted octanol–water partition coefficient (Wildman–Crippen LogP) is 2.75. The number of hydrogen-bond acceptors (Lipinski definition) is 3. The Morgan fingerprint density at radius 1 is 1.26 bits per heavy atom. The van der Waals surface area contributed by atoms with Crippen LogP contribution in [-0.4, -0.2) is 40.1 Å². The van der Waals surface area contributed by atoms with E-state index in [-0.39, 0.29) is 11.7 Å². The topological polar surface area (TPSA) is 32.3 Å². The van der Waals surface area contributed by atoms with E-state index < -0.39 is 0 Å². The van der Waals surface area contributed by atoms with Crippen LogP contribution in [0.1, 0.15) is 58.3 Å². The Hall–Kier alpha value is -0.220. The zero-order chi connectivity index (χ0) is 13.5. The molecule has 108 valence electrons. The number of nitrogens with one attached hydrogen (secondary N) is 1. The number of carbonyl (C=O) groups excluding carboxylic acids is 1. The Bertz CT molecular complexity index is 356. The van der Waals surface area contributed by atoms with Crippen LogP contribution in [-0.2, 0) is 4.79 Å². The van der Waals surface area contributed by atoms with Crippen molar-refractivity contribution in [2.24, 2.45) is 0 Å². The summed E-state index contributed by atoms with van der Waals surface area (Å²) in [6, 6.07) is 0. The average Bonchev–Trinajstić information content (AvgIpc) is 2.94. The number of hydrogen-bond donors (Lipinski definition) is 1. The summed E-state index contributed by atoms with van der Waals surface area (Å²) in [5.74, 6) is 0.400. The number of carbonyl (C=O) groups is 1. The molecule has 1 amide bonds. The fraction of sp³-hybridized carbons (Fsp3) is 0.933. The van der Waals surface area contributed by atoms with Gasteiger partial charge in [-0.25, -0.2) is 0 Å². The first-order valence-corrected chi connectivity index (χ1v) is 9.01. The molecule has 19 heavy (non-hydrogen) atoms. The van der Waals surface area contributed by atoms with Crippen molar-refractivity contribution in [3.63, 3.8) is 0 Å². The molecule has 1 spiro atoms. The monoisotopic (exact) mass is 282 g/mol. The summed E-state index contributed by atoms with van der Waals surface area (Å²) in [6.07, 6.45) is 11.9. The van der Waals surface area contributed by atoms with E-state index in [0.29, 0.717) is 10.7 Å². The molecule has 0 aromatic rings. The number of thioether (sulfide) groups is 1. The highest BCUT2D eigenvalue weighted by Gasteiger charge is 2.53. The number of rotatable bonds is 4. The lowest BCUT2D eigenvalue weighted by molar-refractivity contribution is -0.133. The van der Waals surface area contributed by atoms with Gasteiger partial charge in [-0.05, 0) is 38.4 Å². The first-order chi connectivity index (χ1) is 9.15. The SMILES string of the molecule is CCC1NC2(CCCC2)C(=O)N1CC1(SC)CCC1. The lowest BCUT2D eigenvalue weighted by Gasteiger charge is -2.44.